The molecule has 0 spiro atoms. The number of hydrogen-bond acceptors (Lipinski definition) is 5. The molecule has 8 heteroatoms. The summed E-state index contributed by atoms with van der Waals surface area (Å²) in [5.41, 5.74) is 2.70. The maximum atomic E-state index is 15.2. The molecule has 1 amide bonds. The van der Waals surface area contributed by atoms with Gasteiger partial charge in [-0.25, -0.2) is 19.2 Å². The van der Waals surface area contributed by atoms with E-state index in [1.807, 2.05) is 6.92 Å². The van der Waals surface area contributed by atoms with Crippen LogP contribution in [0.4, 0.5) is 20.7 Å². The Hall–Kier alpha value is -3.42. The molecule has 2 unspecified atom stereocenters. The molecule has 1 fully saturated rings. The largest absolute Gasteiger partial charge is 0.474 e. The third-order valence-corrected chi connectivity index (χ3v) is 7.27. The second-order valence-corrected chi connectivity index (χ2v) is 9.50. The van der Waals surface area contributed by atoms with Gasteiger partial charge in [0.05, 0.1) is 0 Å². The number of fused-ring (bicyclic) bond motifs is 2. The lowest BCUT2D eigenvalue weighted by molar-refractivity contribution is 0.179. The molecular weight excluding hydrogens is 435 g/mol. The number of carbonyl (C=O) groups is 1. The Morgan fingerprint density at radius 2 is 1.88 bits per heavy atom. The van der Waals surface area contributed by atoms with Crippen LogP contribution in [-0.2, 0) is 0 Å². The third kappa shape index (κ3) is 3.81. The van der Waals surface area contributed by atoms with Crippen molar-refractivity contribution in [3.63, 3.8) is 0 Å². The van der Waals surface area contributed by atoms with Crippen LogP contribution in [0.1, 0.15) is 38.7 Å². The summed E-state index contributed by atoms with van der Waals surface area (Å²) >= 11 is 0. The van der Waals surface area contributed by atoms with Crippen LogP contribution in [0.2, 0.25) is 0 Å². The van der Waals surface area contributed by atoms with Crippen LogP contribution in [0.15, 0.2) is 30.6 Å². The number of nitrogens with zero attached hydrogens (tertiary/aromatic N) is 3. The zero-order valence-corrected chi connectivity index (χ0v) is 19.6. The standard InChI is InChI=1S/C26H29FN4O3/c1-14-5-4-6-15(2)24(14)31(26(32)33)22-11-17-9-19(21(27)10-18(17)12-29-22)20-13-30-25-23(16(20)3)28-7-8-34-25/h9-15,24,28H,4-8H2,1-3H3,(H,32,33). The molecule has 0 bridgehead atoms. The fourth-order valence-corrected chi connectivity index (χ4v) is 5.54. The molecule has 178 valence electrons. The second kappa shape index (κ2) is 8.74. The Morgan fingerprint density at radius 1 is 1.12 bits per heavy atom. The molecule has 34 heavy (non-hydrogen) atoms. The molecule has 3 heterocycles. The highest BCUT2D eigenvalue weighted by atomic mass is 19.1. The molecule has 1 aliphatic carbocycles. The number of carboxylic acid groups (broad SMARTS) is 1. The van der Waals surface area contributed by atoms with E-state index < -0.39 is 6.09 Å². The molecule has 2 atom stereocenters. The number of rotatable bonds is 3. The third-order valence-electron chi connectivity index (χ3n) is 7.27. The van der Waals surface area contributed by atoms with E-state index >= 15 is 4.39 Å². The first-order valence-electron chi connectivity index (χ1n) is 11.8. The maximum Gasteiger partial charge on any atom is 0.413 e. The summed E-state index contributed by atoms with van der Waals surface area (Å²) in [4.78, 5) is 22.6. The quantitative estimate of drug-likeness (QED) is 0.505. The van der Waals surface area contributed by atoms with Crippen molar-refractivity contribution in [1.82, 2.24) is 9.97 Å². The van der Waals surface area contributed by atoms with Crippen molar-refractivity contribution in [3.8, 4) is 17.0 Å². The minimum absolute atomic E-state index is 0.144. The predicted octanol–water partition coefficient (Wildman–Crippen LogP) is 5.86. The predicted molar refractivity (Wildman–Crippen MR) is 130 cm³/mol. The number of benzene rings is 1. The molecule has 1 aromatic carbocycles. The smallest absolute Gasteiger partial charge is 0.413 e. The highest BCUT2D eigenvalue weighted by Gasteiger charge is 2.37. The Bertz CT molecular complexity index is 1250. The minimum atomic E-state index is -1.01. The topological polar surface area (TPSA) is 87.6 Å². The second-order valence-electron chi connectivity index (χ2n) is 9.50. The first kappa shape index (κ1) is 22.4. The van der Waals surface area contributed by atoms with Gasteiger partial charge in [0.15, 0.2) is 0 Å². The molecule has 0 radical (unpaired) electrons. The number of halogens is 1. The van der Waals surface area contributed by atoms with Crippen LogP contribution in [0.25, 0.3) is 21.9 Å². The number of anilines is 2. The normalized spacial score (nSPS) is 21.9. The van der Waals surface area contributed by atoms with Gasteiger partial charge in [-0.2, -0.15) is 0 Å². The van der Waals surface area contributed by atoms with Gasteiger partial charge in [-0.15, -0.1) is 0 Å². The zero-order chi connectivity index (χ0) is 24.0. The van der Waals surface area contributed by atoms with Gasteiger partial charge in [-0.05, 0) is 60.7 Å². The van der Waals surface area contributed by atoms with Crippen LogP contribution >= 0.6 is 0 Å². The fraction of sp³-hybridized carbons (Fsp3) is 0.423. The van der Waals surface area contributed by atoms with Gasteiger partial charge in [0.1, 0.15) is 23.9 Å². The van der Waals surface area contributed by atoms with E-state index in [9.17, 15) is 9.90 Å². The maximum absolute atomic E-state index is 15.2. The van der Waals surface area contributed by atoms with Crippen LogP contribution in [0, 0.1) is 24.6 Å². The van der Waals surface area contributed by atoms with E-state index in [0.29, 0.717) is 41.4 Å². The van der Waals surface area contributed by atoms with Gasteiger partial charge in [0.2, 0.25) is 5.88 Å². The SMILES string of the molecule is Cc1c(-c2cc3cc(N(C(=O)O)C4C(C)CCCC4C)ncc3cc2F)cnc2c1NCCO2. The highest BCUT2D eigenvalue weighted by Crippen LogP contribution is 2.39. The zero-order valence-electron chi connectivity index (χ0n) is 19.6. The van der Waals surface area contributed by atoms with E-state index in [-0.39, 0.29) is 23.7 Å². The van der Waals surface area contributed by atoms with Crippen LogP contribution in [0.3, 0.4) is 0 Å². The summed E-state index contributed by atoms with van der Waals surface area (Å²) in [7, 11) is 0. The summed E-state index contributed by atoms with van der Waals surface area (Å²) in [6.07, 6.45) is 5.25. The Balaban J connectivity index is 1.60. The average molecular weight is 465 g/mol. The summed E-state index contributed by atoms with van der Waals surface area (Å²) in [5, 5.41) is 14.7. The van der Waals surface area contributed by atoms with Gasteiger partial charge >= 0.3 is 6.09 Å². The lowest BCUT2D eigenvalue weighted by atomic mass is 9.78. The van der Waals surface area contributed by atoms with Crippen molar-refractivity contribution in [3.05, 3.63) is 42.0 Å². The Kier molecular flexibility index (Phi) is 5.75. The molecule has 2 aromatic heterocycles. The molecule has 0 saturated heterocycles. The molecular formula is C26H29FN4O3. The molecule has 7 nitrogen and oxygen atoms in total. The molecule has 3 aromatic rings. The monoisotopic (exact) mass is 464 g/mol. The van der Waals surface area contributed by atoms with Crippen molar-refractivity contribution in [2.75, 3.05) is 23.4 Å². The summed E-state index contributed by atoms with van der Waals surface area (Å²) in [6.45, 7) is 7.33. The van der Waals surface area contributed by atoms with E-state index in [2.05, 4.69) is 29.1 Å². The Morgan fingerprint density at radius 3 is 2.62 bits per heavy atom. The number of hydrogen-bond donors (Lipinski definition) is 2. The lowest BCUT2D eigenvalue weighted by Crippen LogP contribution is -2.49. The van der Waals surface area contributed by atoms with E-state index in [4.69, 9.17) is 4.74 Å². The van der Waals surface area contributed by atoms with Crippen molar-refractivity contribution in [1.29, 1.82) is 0 Å². The van der Waals surface area contributed by atoms with Crippen LogP contribution in [0.5, 0.6) is 5.88 Å². The average Bonchev–Trinajstić information content (AvgIpc) is 2.81. The van der Waals surface area contributed by atoms with Crippen molar-refractivity contribution in [2.45, 2.75) is 46.1 Å². The van der Waals surface area contributed by atoms with Gasteiger partial charge in [0.25, 0.3) is 0 Å². The van der Waals surface area contributed by atoms with E-state index in [1.54, 1.807) is 24.5 Å². The number of aromatic nitrogens is 2. The Labute approximate surface area is 198 Å². The summed E-state index contributed by atoms with van der Waals surface area (Å²) in [5.74, 6) is 0.986. The van der Waals surface area contributed by atoms with Gasteiger partial charge in [0, 0.05) is 41.5 Å². The van der Waals surface area contributed by atoms with Gasteiger partial charge in [-0.3, -0.25) is 4.90 Å². The molecule has 5 rings (SSSR count). The molecule has 1 aliphatic heterocycles. The lowest BCUT2D eigenvalue weighted by Gasteiger charge is -2.40. The van der Waals surface area contributed by atoms with Crippen molar-refractivity contribution >= 4 is 28.4 Å². The first-order chi connectivity index (χ1) is 16.3. The van der Waals surface area contributed by atoms with Crippen LogP contribution in [-0.4, -0.2) is 40.4 Å². The fourth-order valence-electron chi connectivity index (χ4n) is 5.54. The van der Waals surface area contributed by atoms with E-state index in [0.717, 1.165) is 35.9 Å². The summed E-state index contributed by atoms with van der Waals surface area (Å²) in [6, 6.07) is 4.81. The molecule has 2 aliphatic rings. The van der Waals surface area contributed by atoms with Crippen LogP contribution < -0.4 is 15.0 Å². The van der Waals surface area contributed by atoms with Gasteiger partial charge < -0.3 is 15.2 Å². The van der Waals surface area contributed by atoms with Gasteiger partial charge in [-0.1, -0.05) is 20.3 Å². The highest BCUT2D eigenvalue weighted by molar-refractivity contribution is 5.93. The minimum Gasteiger partial charge on any atom is -0.474 e. The van der Waals surface area contributed by atoms with Crippen molar-refractivity contribution < 1.29 is 19.0 Å². The number of ether oxygens (including phenoxy) is 1. The summed E-state index contributed by atoms with van der Waals surface area (Å²) < 4.78 is 20.8. The first-order valence-corrected chi connectivity index (χ1v) is 11.8. The number of nitrogens with one attached hydrogen (secondary N) is 1. The number of amides is 1. The number of pyridine rings is 2. The molecule has 1 saturated carbocycles. The molecule has 2 N–H and O–H groups in total. The van der Waals surface area contributed by atoms with E-state index in [1.165, 1.54) is 11.0 Å². The van der Waals surface area contributed by atoms with Crippen molar-refractivity contribution in [2.24, 2.45) is 11.8 Å².